The second kappa shape index (κ2) is 8.21. The fraction of sp³-hybridized carbons (Fsp3) is 0.464. The Hall–Kier alpha value is -2.79. The average Bonchev–Trinajstić information content (AvgIpc) is 3.26. The molecule has 33 heavy (non-hydrogen) atoms. The molecule has 0 amide bonds. The van der Waals surface area contributed by atoms with Crippen molar-refractivity contribution in [2.75, 3.05) is 25.5 Å². The molecule has 1 saturated heterocycles. The number of anilines is 1. The first-order valence-corrected chi connectivity index (χ1v) is 12.1. The molecule has 1 spiro atoms. The van der Waals surface area contributed by atoms with Gasteiger partial charge in [0.15, 0.2) is 0 Å². The minimum Gasteiger partial charge on any atom is -0.478 e. The zero-order chi connectivity index (χ0) is 23.3. The van der Waals surface area contributed by atoms with E-state index in [1.807, 2.05) is 18.3 Å². The van der Waals surface area contributed by atoms with Crippen molar-refractivity contribution in [2.45, 2.75) is 52.1 Å². The lowest BCUT2D eigenvalue weighted by molar-refractivity contribution is -0.0395. The number of hydrogen-bond donors (Lipinski definition) is 2. The predicted octanol–water partition coefficient (Wildman–Crippen LogP) is 5.99. The Morgan fingerprint density at radius 1 is 1.18 bits per heavy atom. The third kappa shape index (κ3) is 3.93. The second-order valence-corrected chi connectivity index (χ2v) is 10.7. The van der Waals surface area contributed by atoms with Gasteiger partial charge < -0.3 is 15.0 Å². The maximum absolute atomic E-state index is 11.4. The number of aromatic nitrogens is 1. The molecule has 2 N–H and O–H groups in total. The summed E-state index contributed by atoms with van der Waals surface area (Å²) in [7, 11) is 4.25. The summed E-state index contributed by atoms with van der Waals surface area (Å²) in [5.74, 6) is -0.0417. The SMILES string of the molecule is Cc1cc(N(C)C)c(CN2CCC3(CC(C)C3)C[C@H]2c2ccc(C(=O)O)cc2)c2cc[nH]c12. The van der Waals surface area contributed by atoms with Gasteiger partial charge in [0.2, 0.25) is 0 Å². The van der Waals surface area contributed by atoms with Gasteiger partial charge in [0, 0.05) is 49.5 Å². The number of hydrogen-bond acceptors (Lipinski definition) is 3. The number of nitrogens with zero attached hydrogens (tertiary/aromatic N) is 2. The molecule has 0 radical (unpaired) electrons. The summed E-state index contributed by atoms with van der Waals surface area (Å²) in [4.78, 5) is 19.7. The summed E-state index contributed by atoms with van der Waals surface area (Å²) in [5.41, 5.74) is 7.18. The Morgan fingerprint density at radius 3 is 2.55 bits per heavy atom. The van der Waals surface area contributed by atoms with Gasteiger partial charge in [-0.2, -0.15) is 0 Å². The normalized spacial score (nSPS) is 25.3. The maximum atomic E-state index is 11.4. The van der Waals surface area contributed by atoms with Crippen LogP contribution in [-0.2, 0) is 6.54 Å². The molecule has 1 aromatic heterocycles. The monoisotopic (exact) mass is 445 g/mol. The molecule has 2 heterocycles. The molecule has 3 aromatic rings. The molecule has 2 aromatic carbocycles. The first kappa shape index (κ1) is 22.0. The van der Waals surface area contributed by atoms with Crippen LogP contribution in [0.1, 0.15) is 65.7 Å². The highest BCUT2D eigenvalue weighted by atomic mass is 16.4. The number of aromatic amines is 1. The van der Waals surface area contributed by atoms with Crippen molar-refractivity contribution in [1.82, 2.24) is 9.88 Å². The van der Waals surface area contributed by atoms with Crippen molar-refractivity contribution in [2.24, 2.45) is 11.3 Å². The number of carboxylic acids is 1. The van der Waals surface area contributed by atoms with E-state index in [4.69, 9.17) is 0 Å². The van der Waals surface area contributed by atoms with Crippen LogP contribution < -0.4 is 4.90 Å². The third-order valence-electron chi connectivity index (χ3n) is 8.07. The number of likely N-dealkylation sites (tertiary alicyclic amines) is 1. The minimum absolute atomic E-state index is 0.305. The fourth-order valence-corrected chi connectivity index (χ4v) is 6.55. The van der Waals surface area contributed by atoms with Gasteiger partial charge in [-0.1, -0.05) is 19.1 Å². The van der Waals surface area contributed by atoms with Crippen molar-refractivity contribution < 1.29 is 9.90 Å². The molecule has 1 aliphatic heterocycles. The van der Waals surface area contributed by atoms with Gasteiger partial charge in [-0.15, -0.1) is 0 Å². The van der Waals surface area contributed by atoms with Crippen LogP contribution in [-0.4, -0.2) is 41.6 Å². The molecule has 2 aliphatic rings. The molecule has 1 atom stereocenters. The number of nitrogens with one attached hydrogen (secondary N) is 1. The van der Waals surface area contributed by atoms with Gasteiger partial charge in [0.1, 0.15) is 0 Å². The Balaban J connectivity index is 1.52. The molecule has 0 unspecified atom stereocenters. The molecule has 174 valence electrons. The lowest BCUT2D eigenvalue weighted by atomic mass is 9.56. The third-order valence-corrected chi connectivity index (χ3v) is 8.07. The van der Waals surface area contributed by atoms with Crippen LogP contribution in [0.25, 0.3) is 10.9 Å². The van der Waals surface area contributed by atoms with Crippen molar-refractivity contribution in [3.05, 3.63) is 64.8 Å². The average molecular weight is 446 g/mol. The molecular weight excluding hydrogens is 410 g/mol. The lowest BCUT2D eigenvalue weighted by Gasteiger charge is -2.54. The number of benzene rings is 2. The lowest BCUT2D eigenvalue weighted by Crippen LogP contribution is -2.47. The van der Waals surface area contributed by atoms with E-state index in [1.165, 1.54) is 52.5 Å². The topological polar surface area (TPSA) is 59.6 Å². The summed E-state index contributed by atoms with van der Waals surface area (Å²) in [6, 6.07) is 12.4. The van der Waals surface area contributed by atoms with E-state index in [-0.39, 0.29) is 0 Å². The maximum Gasteiger partial charge on any atom is 0.335 e. The van der Waals surface area contributed by atoms with E-state index in [0.29, 0.717) is 17.0 Å². The van der Waals surface area contributed by atoms with Crippen LogP contribution in [0.15, 0.2) is 42.6 Å². The van der Waals surface area contributed by atoms with E-state index >= 15 is 0 Å². The van der Waals surface area contributed by atoms with Gasteiger partial charge in [-0.3, -0.25) is 4.90 Å². The summed E-state index contributed by atoms with van der Waals surface area (Å²) in [6.45, 7) is 6.50. The smallest absolute Gasteiger partial charge is 0.335 e. The van der Waals surface area contributed by atoms with E-state index in [0.717, 1.165) is 25.4 Å². The molecule has 1 aliphatic carbocycles. The van der Waals surface area contributed by atoms with Crippen molar-refractivity contribution >= 4 is 22.6 Å². The largest absolute Gasteiger partial charge is 0.478 e. The Bertz CT molecular complexity index is 1170. The number of fused-ring (bicyclic) bond motifs is 1. The summed E-state index contributed by atoms with van der Waals surface area (Å²) < 4.78 is 0. The molecule has 5 nitrogen and oxygen atoms in total. The van der Waals surface area contributed by atoms with Crippen molar-refractivity contribution in [3.63, 3.8) is 0 Å². The Kier molecular flexibility index (Phi) is 5.48. The first-order chi connectivity index (χ1) is 15.8. The zero-order valence-corrected chi connectivity index (χ0v) is 20.2. The highest BCUT2D eigenvalue weighted by molar-refractivity contribution is 5.91. The molecule has 1 saturated carbocycles. The Labute approximate surface area is 196 Å². The fourth-order valence-electron chi connectivity index (χ4n) is 6.55. The number of carboxylic acid groups (broad SMARTS) is 1. The minimum atomic E-state index is -0.864. The second-order valence-electron chi connectivity index (χ2n) is 10.7. The quantitative estimate of drug-likeness (QED) is 0.506. The van der Waals surface area contributed by atoms with Crippen molar-refractivity contribution in [1.29, 1.82) is 0 Å². The van der Waals surface area contributed by atoms with Crippen LogP contribution in [0.5, 0.6) is 0 Å². The Morgan fingerprint density at radius 2 is 1.91 bits per heavy atom. The summed E-state index contributed by atoms with van der Waals surface area (Å²) in [5, 5.41) is 10.7. The molecule has 5 heteroatoms. The van der Waals surface area contributed by atoms with Crippen LogP contribution in [0.4, 0.5) is 5.69 Å². The van der Waals surface area contributed by atoms with Crippen LogP contribution >= 0.6 is 0 Å². The van der Waals surface area contributed by atoms with Crippen LogP contribution in [0.2, 0.25) is 0 Å². The van der Waals surface area contributed by atoms with Gasteiger partial charge in [-0.05, 0) is 91.4 Å². The molecular formula is C28H35N3O2. The predicted molar refractivity (Wildman–Crippen MR) is 134 cm³/mol. The standard InChI is InChI=1S/C28H35N3O2/c1-18-14-28(15-18)10-12-31(25(16-28)20-5-7-21(8-6-20)27(32)33)17-23-22-9-11-29-26(22)19(2)13-24(23)30(3)4/h5-9,11,13,18,25,29H,10,12,14-17H2,1-4H3,(H,32,33)/t18?,25-,28?/m0/s1. The van der Waals surface area contributed by atoms with Gasteiger partial charge in [-0.25, -0.2) is 4.79 Å². The zero-order valence-electron chi connectivity index (χ0n) is 20.2. The van der Waals surface area contributed by atoms with Crippen molar-refractivity contribution in [3.8, 4) is 0 Å². The molecule has 2 fully saturated rings. The number of aromatic carboxylic acids is 1. The summed E-state index contributed by atoms with van der Waals surface area (Å²) in [6.07, 6.45) is 7.09. The van der Waals surface area contributed by atoms with E-state index in [1.54, 1.807) is 12.1 Å². The van der Waals surface area contributed by atoms with E-state index < -0.39 is 5.97 Å². The first-order valence-electron chi connectivity index (χ1n) is 12.1. The number of carbonyl (C=O) groups is 1. The summed E-state index contributed by atoms with van der Waals surface area (Å²) >= 11 is 0. The van der Waals surface area contributed by atoms with Crippen LogP contribution in [0.3, 0.4) is 0 Å². The van der Waals surface area contributed by atoms with Gasteiger partial charge in [0.05, 0.1) is 5.56 Å². The van der Waals surface area contributed by atoms with E-state index in [9.17, 15) is 9.90 Å². The highest BCUT2D eigenvalue weighted by Crippen LogP contribution is 2.56. The van der Waals surface area contributed by atoms with Crippen LogP contribution in [0, 0.1) is 18.3 Å². The number of H-pyrrole nitrogens is 1. The molecule has 5 rings (SSSR count). The highest BCUT2D eigenvalue weighted by Gasteiger charge is 2.47. The number of rotatable bonds is 5. The van der Waals surface area contributed by atoms with Gasteiger partial charge in [0.25, 0.3) is 0 Å². The van der Waals surface area contributed by atoms with Gasteiger partial charge >= 0.3 is 5.97 Å². The molecule has 0 bridgehead atoms. The number of piperidine rings is 1. The number of aryl methyl sites for hydroxylation is 1. The van der Waals surface area contributed by atoms with E-state index in [2.05, 4.69) is 54.9 Å².